The minimum atomic E-state index is 0.722. The Labute approximate surface area is 109 Å². The lowest BCUT2D eigenvalue weighted by molar-refractivity contribution is 0.251. The summed E-state index contributed by atoms with van der Waals surface area (Å²) in [6.07, 6.45) is 5.73. The molecule has 2 aliphatic rings. The number of hydrogen-bond acceptors (Lipinski definition) is 0. The van der Waals surface area contributed by atoms with Crippen molar-refractivity contribution in [2.75, 3.05) is 0 Å². The molecule has 2 aliphatic carbocycles. The van der Waals surface area contributed by atoms with Gasteiger partial charge in [0.25, 0.3) is 0 Å². The Hall–Kier alpha value is 0. The van der Waals surface area contributed by atoms with Crippen molar-refractivity contribution in [1.29, 1.82) is 0 Å². The highest BCUT2D eigenvalue weighted by molar-refractivity contribution is 5.16. The summed E-state index contributed by atoms with van der Waals surface area (Å²) >= 11 is 0. The molecule has 0 radical (unpaired) electrons. The minimum absolute atomic E-state index is 0.722. The van der Waals surface area contributed by atoms with Crippen LogP contribution in [0.25, 0.3) is 0 Å². The first-order chi connectivity index (χ1) is 7.96. The molecule has 17 heavy (non-hydrogen) atoms. The fraction of sp³-hybridized carbons (Fsp3) is 1.00. The van der Waals surface area contributed by atoms with E-state index in [1.165, 1.54) is 25.7 Å². The van der Waals surface area contributed by atoms with Gasteiger partial charge in [-0.25, -0.2) is 0 Å². The van der Waals surface area contributed by atoms with E-state index in [9.17, 15) is 0 Å². The van der Waals surface area contributed by atoms with E-state index in [0.29, 0.717) is 0 Å². The predicted octanol–water partition coefficient (Wildman–Crippen LogP) is 5.38. The molecule has 0 spiro atoms. The van der Waals surface area contributed by atoms with E-state index >= 15 is 0 Å². The molecule has 6 atom stereocenters. The van der Waals surface area contributed by atoms with Gasteiger partial charge in [0.1, 0.15) is 0 Å². The lowest BCUT2D eigenvalue weighted by Crippen LogP contribution is -2.16. The van der Waals surface area contributed by atoms with E-state index in [1.807, 2.05) is 0 Å². The van der Waals surface area contributed by atoms with Gasteiger partial charge in [-0.2, -0.15) is 0 Å². The number of rotatable bonds is 5. The summed E-state index contributed by atoms with van der Waals surface area (Å²) in [7, 11) is 0. The molecule has 2 fully saturated rings. The first kappa shape index (κ1) is 13.4. The molecule has 2 saturated carbocycles. The zero-order valence-electron chi connectivity index (χ0n) is 12.8. The molecule has 0 bridgehead atoms. The number of hydrogen-bond donors (Lipinski definition) is 0. The van der Waals surface area contributed by atoms with Gasteiger partial charge in [-0.1, -0.05) is 54.4 Å². The second-order valence-corrected chi connectivity index (χ2v) is 7.40. The van der Waals surface area contributed by atoms with Crippen LogP contribution in [0.2, 0.25) is 0 Å². The largest absolute Gasteiger partial charge is 0.0651 e. The van der Waals surface area contributed by atoms with Crippen molar-refractivity contribution in [1.82, 2.24) is 0 Å². The SMILES string of the molecule is CCC(CC)C(C)CC1C2C(C)CC(C)C12C. The minimum Gasteiger partial charge on any atom is -0.0651 e. The standard InChI is InChI=1S/C17H32/c1-7-14(8-2)11(3)10-15-16-12(4)9-13(5)17(15,16)6/h11-16H,7-10H2,1-6H3. The summed E-state index contributed by atoms with van der Waals surface area (Å²) in [6.45, 7) is 14.8. The topological polar surface area (TPSA) is 0 Å². The molecule has 0 aromatic carbocycles. The molecule has 0 N–H and O–H groups in total. The van der Waals surface area contributed by atoms with Crippen LogP contribution < -0.4 is 0 Å². The normalized spacial score (nSPS) is 46.1. The Bertz CT molecular complexity index is 265. The molecule has 0 aromatic heterocycles. The zero-order valence-corrected chi connectivity index (χ0v) is 12.8. The Morgan fingerprint density at radius 3 is 2.18 bits per heavy atom. The molecular formula is C17H32. The molecule has 0 aromatic rings. The zero-order chi connectivity index (χ0) is 12.8. The average Bonchev–Trinajstić information content (AvgIpc) is 2.78. The molecule has 0 aliphatic heterocycles. The van der Waals surface area contributed by atoms with Gasteiger partial charge in [-0.3, -0.25) is 0 Å². The first-order valence-corrected chi connectivity index (χ1v) is 7.96. The summed E-state index contributed by atoms with van der Waals surface area (Å²) < 4.78 is 0. The van der Waals surface area contributed by atoms with Gasteiger partial charge in [0.05, 0.1) is 0 Å². The second kappa shape index (κ2) is 4.59. The van der Waals surface area contributed by atoms with Gasteiger partial charge in [0, 0.05) is 0 Å². The Kier molecular flexibility index (Phi) is 3.63. The highest BCUT2D eigenvalue weighted by Gasteiger charge is 2.68. The molecule has 2 rings (SSSR count). The highest BCUT2D eigenvalue weighted by atomic mass is 14.7. The Balaban J connectivity index is 1.94. The molecule has 100 valence electrons. The number of fused-ring (bicyclic) bond motifs is 1. The summed E-state index contributed by atoms with van der Waals surface area (Å²) in [5, 5.41) is 0. The Morgan fingerprint density at radius 2 is 1.76 bits per heavy atom. The van der Waals surface area contributed by atoms with Crippen molar-refractivity contribution < 1.29 is 0 Å². The summed E-state index contributed by atoms with van der Waals surface area (Å²) in [5.41, 5.74) is 0.722. The Morgan fingerprint density at radius 1 is 1.18 bits per heavy atom. The van der Waals surface area contributed by atoms with Gasteiger partial charge < -0.3 is 0 Å². The summed E-state index contributed by atoms with van der Waals surface area (Å²) in [6, 6.07) is 0. The van der Waals surface area contributed by atoms with Crippen molar-refractivity contribution in [3.63, 3.8) is 0 Å². The third-order valence-corrected chi connectivity index (χ3v) is 6.72. The lowest BCUT2D eigenvalue weighted by Gasteiger charge is -2.25. The molecule has 0 amide bonds. The van der Waals surface area contributed by atoms with E-state index < -0.39 is 0 Å². The van der Waals surface area contributed by atoms with E-state index in [-0.39, 0.29) is 0 Å². The van der Waals surface area contributed by atoms with Gasteiger partial charge in [0.2, 0.25) is 0 Å². The smallest absolute Gasteiger partial charge is 0.0235 e. The van der Waals surface area contributed by atoms with E-state index in [4.69, 9.17) is 0 Å². The summed E-state index contributed by atoms with van der Waals surface area (Å²) in [4.78, 5) is 0. The van der Waals surface area contributed by atoms with E-state index in [2.05, 4.69) is 41.5 Å². The molecule has 0 heterocycles. The third-order valence-electron chi connectivity index (χ3n) is 6.72. The molecule has 0 saturated heterocycles. The molecular weight excluding hydrogens is 204 g/mol. The lowest BCUT2D eigenvalue weighted by atomic mass is 9.80. The second-order valence-electron chi connectivity index (χ2n) is 7.40. The van der Waals surface area contributed by atoms with Crippen LogP contribution in [0.15, 0.2) is 0 Å². The maximum Gasteiger partial charge on any atom is -0.0235 e. The van der Waals surface area contributed by atoms with Crippen molar-refractivity contribution in [3.05, 3.63) is 0 Å². The van der Waals surface area contributed by atoms with Crippen molar-refractivity contribution in [2.45, 2.75) is 67.2 Å². The van der Waals surface area contributed by atoms with Crippen LogP contribution in [0.3, 0.4) is 0 Å². The van der Waals surface area contributed by atoms with Gasteiger partial charge in [-0.05, 0) is 53.8 Å². The summed E-state index contributed by atoms with van der Waals surface area (Å²) in [5.74, 6) is 5.99. The fourth-order valence-corrected chi connectivity index (χ4v) is 5.41. The van der Waals surface area contributed by atoms with Crippen LogP contribution in [0.5, 0.6) is 0 Å². The van der Waals surface area contributed by atoms with Crippen molar-refractivity contribution >= 4 is 0 Å². The molecule has 0 nitrogen and oxygen atoms in total. The van der Waals surface area contributed by atoms with Crippen LogP contribution in [-0.4, -0.2) is 0 Å². The van der Waals surface area contributed by atoms with Crippen molar-refractivity contribution in [3.8, 4) is 0 Å². The third kappa shape index (κ3) is 1.96. The average molecular weight is 236 g/mol. The van der Waals surface area contributed by atoms with Gasteiger partial charge in [-0.15, -0.1) is 0 Å². The van der Waals surface area contributed by atoms with Gasteiger partial charge in [0.15, 0.2) is 0 Å². The maximum absolute atomic E-state index is 2.58. The molecule has 6 unspecified atom stereocenters. The first-order valence-electron chi connectivity index (χ1n) is 7.96. The predicted molar refractivity (Wildman–Crippen MR) is 75.9 cm³/mol. The fourth-order valence-electron chi connectivity index (χ4n) is 5.41. The van der Waals surface area contributed by atoms with Crippen LogP contribution in [0.1, 0.15) is 67.2 Å². The van der Waals surface area contributed by atoms with Crippen LogP contribution in [0.4, 0.5) is 0 Å². The quantitative estimate of drug-likeness (QED) is 0.601. The maximum atomic E-state index is 2.58. The monoisotopic (exact) mass is 236 g/mol. The van der Waals surface area contributed by atoms with E-state index in [1.54, 1.807) is 0 Å². The van der Waals surface area contributed by atoms with Crippen LogP contribution in [0, 0.1) is 40.9 Å². The highest BCUT2D eigenvalue weighted by Crippen LogP contribution is 2.74. The van der Waals surface area contributed by atoms with Crippen LogP contribution in [-0.2, 0) is 0 Å². The van der Waals surface area contributed by atoms with Crippen LogP contribution >= 0.6 is 0 Å². The van der Waals surface area contributed by atoms with E-state index in [0.717, 1.165) is 40.9 Å². The van der Waals surface area contributed by atoms with Crippen molar-refractivity contribution in [2.24, 2.45) is 40.9 Å². The van der Waals surface area contributed by atoms with Gasteiger partial charge >= 0.3 is 0 Å². The molecule has 0 heteroatoms.